The largest absolute Gasteiger partial charge is 0.497 e. The number of pyridine rings is 1. The minimum atomic E-state index is -0.0597. The third kappa shape index (κ3) is 4.03. The topological polar surface area (TPSA) is 72.0 Å². The number of rotatable bonds is 4. The van der Waals surface area contributed by atoms with Gasteiger partial charge in [-0.1, -0.05) is 18.2 Å². The summed E-state index contributed by atoms with van der Waals surface area (Å²) in [7, 11) is 3.20. The molecule has 1 aromatic heterocycles. The van der Waals surface area contributed by atoms with Gasteiger partial charge in [0.05, 0.1) is 31.0 Å². The van der Waals surface area contributed by atoms with E-state index in [1.165, 1.54) is 0 Å². The first-order valence-electron chi connectivity index (χ1n) is 10.2. The number of para-hydroxylation sites is 1. The molecule has 1 saturated heterocycles. The molecule has 0 N–H and O–H groups in total. The molecule has 2 heterocycles. The minimum absolute atomic E-state index is 0.0374. The van der Waals surface area contributed by atoms with Crippen molar-refractivity contribution in [3.63, 3.8) is 0 Å². The van der Waals surface area contributed by atoms with Crippen molar-refractivity contribution < 1.29 is 19.1 Å². The first kappa shape index (κ1) is 20.7. The van der Waals surface area contributed by atoms with E-state index in [1.54, 1.807) is 37.0 Å². The zero-order valence-electron chi connectivity index (χ0n) is 17.9. The summed E-state index contributed by atoms with van der Waals surface area (Å²) in [5.41, 5.74) is 2.77. The maximum absolute atomic E-state index is 13.5. The SMILES string of the molecule is COc1ccc(-c2cc(C(=O)N3CCN(C(C)=O)CC3)c3ccccc3n2)c(OC)c1. The molecule has 1 fully saturated rings. The molecule has 0 unspecified atom stereocenters. The van der Waals surface area contributed by atoms with Crippen LogP contribution in [0.5, 0.6) is 11.5 Å². The lowest BCUT2D eigenvalue weighted by Crippen LogP contribution is -2.50. The summed E-state index contributed by atoms with van der Waals surface area (Å²) in [6.07, 6.45) is 0. The molecule has 7 nitrogen and oxygen atoms in total. The zero-order chi connectivity index (χ0) is 22.0. The van der Waals surface area contributed by atoms with Gasteiger partial charge in [0.25, 0.3) is 5.91 Å². The fourth-order valence-corrected chi connectivity index (χ4v) is 3.90. The maximum atomic E-state index is 13.5. The van der Waals surface area contributed by atoms with Crippen molar-refractivity contribution in [3.05, 3.63) is 54.1 Å². The van der Waals surface area contributed by atoms with Crippen molar-refractivity contribution in [1.29, 1.82) is 0 Å². The van der Waals surface area contributed by atoms with Crippen LogP contribution in [-0.2, 0) is 4.79 Å². The Labute approximate surface area is 181 Å². The van der Waals surface area contributed by atoms with Gasteiger partial charge in [-0.05, 0) is 24.3 Å². The molecule has 0 radical (unpaired) electrons. The van der Waals surface area contributed by atoms with Crippen LogP contribution in [0, 0.1) is 0 Å². The molecule has 31 heavy (non-hydrogen) atoms. The van der Waals surface area contributed by atoms with E-state index in [0.717, 1.165) is 16.5 Å². The number of benzene rings is 2. The first-order valence-corrected chi connectivity index (χ1v) is 10.2. The van der Waals surface area contributed by atoms with Gasteiger partial charge in [0.2, 0.25) is 5.91 Å². The van der Waals surface area contributed by atoms with Crippen LogP contribution >= 0.6 is 0 Å². The van der Waals surface area contributed by atoms with Gasteiger partial charge in [-0.25, -0.2) is 4.98 Å². The van der Waals surface area contributed by atoms with Gasteiger partial charge in [0, 0.05) is 50.1 Å². The van der Waals surface area contributed by atoms with Gasteiger partial charge < -0.3 is 19.3 Å². The molecular weight excluding hydrogens is 394 g/mol. The van der Waals surface area contributed by atoms with E-state index in [1.807, 2.05) is 42.5 Å². The van der Waals surface area contributed by atoms with Crippen molar-refractivity contribution >= 4 is 22.7 Å². The van der Waals surface area contributed by atoms with Gasteiger partial charge in [-0.2, -0.15) is 0 Å². The average molecular weight is 419 g/mol. The summed E-state index contributed by atoms with van der Waals surface area (Å²) in [6.45, 7) is 3.67. The highest BCUT2D eigenvalue weighted by Gasteiger charge is 2.25. The predicted octanol–water partition coefficient (Wildman–Crippen LogP) is 3.22. The van der Waals surface area contributed by atoms with Crippen molar-refractivity contribution in [2.24, 2.45) is 0 Å². The maximum Gasteiger partial charge on any atom is 0.254 e. The lowest BCUT2D eigenvalue weighted by atomic mass is 10.0. The Bertz CT molecular complexity index is 1140. The van der Waals surface area contributed by atoms with Crippen LogP contribution in [0.2, 0.25) is 0 Å². The fourth-order valence-electron chi connectivity index (χ4n) is 3.90. The number of carbonyl (C=O) groups excluding carboxylic acids is 2. The molecule has 4 rings (SSSR count). The lowest BCUT2D eigenvalue weighted by Gasteiger charge is -2.34. The van der Waals surface area contributed by atoms with E-state index >= 15 is 0 Å². The van der Waals surface area contributed by atoms with E-state index in [0.29, 0.717) is 48.9 Å². The summed E-state index contributed by atoms with van der Waals surface area (Å²) >= 11 is 0. The second-order valence-corrected chi connectivity index (χ2v) is 7.44. The highest BCUT2D eigenvalue weighted by molar-refractivity contribution is 6.07. The number of methoxy groups -OCH3 is 2. The quantitative estimate of drug-likeness (QED) is 0.649. The minimum Gasteiger partial charge on any atom is -0.497 e. The lowest BCUT2D eigenvalue weighted by molar-refractivity contribution is -0.130. The molecule has 2 aromatic carbocycles. The number of amides is 2. The van der Waals surface area contributed by atoms with Crippen molar-refractivity contribution in [2.45, 2.75) is 6.92 Å². The van der Waals surface area contributed by atoms with Crippen molar-refractivity contribution in [3.8, 4) is 22.8 Å². The highest BCUT2D eigenvalue weighted by Crippen LogP contribution is 2.34. The van der Waals surface area contributed by atoms with Gasteiger partial charge in [0.1, 0.15) is 11.5 Å². The predicted molar refractivity (Wildman–Crippen MR) is 118 cm³/mol. The van der Waals surface area contributed by atoms with Crippen LogP contribution in [0.25, 0.3) is 22.2 Å². The van der Waals surface area contributed by atoms with Crippen LogP contribution in [0.3, 0.4) is 0 Å². The molecule has 3 aromatic rings. The number of fused-ring (bicyclic) bond motifs is 1. The highest BCUT2D eigenvalue weighted by atomic mass is 16.5. The molecule has 0 aliphatic carbocycles. The third-order valence-electron chi connectivity index (χ3n) is 5.64. The molecule has 1 aliphatic heterocycles. The van der Waals surface area contributed by atoms with Gasteiger partial charge in [-0.3, -0.25) is 9.59 Å². The standard InChI is InChI=1S/C24H25N3O4/c1-16(28)26-10-12-27(13-11-26)24(29)20-15-22(25-21-7-5-4-6-18(20)21)19-9-8-17(30-2)14-23(19)31-3/h4-9,14-15H,10-13H2,1-3H3. The number of aromatic nitrogens is 1. The number of piperazine rings is 1. The number of hydrogen-bond donors (Lipinski definition) is 0. The molecule has 1 aliphatic rings. The van der Waals surface area contributed by atoms with Gasteiger partial charge in [-0.15, -0.1) is 0 Å². The van der Waals surface area contributed by atoms with Crippen LogP contribution < -0.4 is 9.47 Å². The van der Waals surface area contributed by atoms with Crippen molar-refractivity contribution in [2.75, 3.05) is 40.4 Å². The zero-order valence-corrected chi connectivity index (χ0v) is 17.9. The van der Waals surface area contributed by atoms with Crippen LogP contribution in [0.1, 0.15) is 17.3 Å². The summed E-state index contributed by atoms with van der Waals surface area (Å²) in [4.78, 5) is 33.4. The Morgan fingerprint density at radius 3 is 2.29 bits per heavy atom. The monoisotopic (exact) mass is 419 g/mol. The first-order chi connectivity index (χ1) is 15.0. The van der Waals surface area contributed by atoms with E-state index in [-0.39, 0.29) is 11.8 Å². The third-order valence-corrected chi connectivity index (χ3v) is 5.64. The van der Waals surface area contributed by atoms with E-state index < -0.39 is 0 Å². The molecule has 0 spiro atoms. The molecule has 0 atom stereocenters. The Morgan fingerprint density at radius 1 is 0.903 bits per heavy atom. The van der Waals surface area contributed by atoms with Gasteiger partial charge in [0.15, 0.2) is 0 Å². The molecule has 2 amide bonds. The van der Waals surface area contributed by atoms with Crippen LogP contribution in [-0.4, -0.2) is 67.0 Å². The number of carbonyl (C=O) groups is 2. The van der Waals surface area contributed by atoms with E-state index in [2.05, 4.69) is 0 Å². The van der Waals surface area contributed by atoms with Gasteiger partial charge >= 0.3 is 0 Å². The summed E-state index contributed by atoms with van der Waals surface area (Å²) in [5, 5.41) is 0.803. The molecule has 7 heteroatoms. The second-order valence-electron chi connectivity index (χ2n) is 7.44. The van der Waals surface area contributed by atoms with Crippen LogP contribution in [0.4, 0.5) is 0 Å². The second kappa shape index (κ2) is 8.63. The smallest absolute Gasteiger partial charge is 0.254 e. The number of ether oxygens (including phenoxy) is 2. The Hall–Kier alpha value is -3.61. The van der Waals surface area contributed by atoms with E-state index in [9.17, 15) is 9.59 Å². The Kier molecular flexibility index (Phi) is 5.75. The summed E-state index contributed by atoms with van der Waals surface area (Å²) in [5.74, 6) is 1.28. The fraction of sp³-hybridized carbons (Fsp3) is 0.292. The average Bonchev–Trinajstić information content (AvgIpc) is 2.82. The molecule has 160 valence electrons. The molecule has 0 bridgehead atoms. The van der Waals surface area contributed by atoms with E-state index in [4.69, 9.17) is 14.5 Å². The molecule has 0 saturated carbocycles. The Balaban J connectivity index is 1.76. The summed E-state index contributed by atoms with van der Waals surface area (Å²) in [6, 6.07) is 15.0. The van der Waals surface area contributed by atoms with Crippen molar-refractivity contribution in [1.82, 2.24) is 14.8 Å². The Morgan fingerprint density at radius 2 is 1.61 bits per heavy atom. The summed E-state index contributed by atoms with van der Waals surface area (Å²) < 4.78 is 10.8. The van der Waals surface area contributed by atoms with Crippen LogP contribution in [0.15, 0.2) is 48.5 Å². The normalized spacial score (nSPS) is 13.9. The number of hydrogen-bond acceptors (Lipinski definition) is 5. The number of nitrogens with zero attached hydrogens (tertiary/aromatic N) is 3. The molecular formula is C24H25N3O4.